The van der Waals surface area contributed by atoms with Crippen molar-refractivity contribution in [2.75, 3.05) is 18.4 Å². The van der Waals surface area contributed by atoms with Crippen LogP contribution in [0.15, 0.2) is 23.2 Å². The Morgan fingerprint density at radius 2 is 2.25 bits per heavy atom. The van der Waals surface area contributed by atoms with E-state index in [1.807, 2.05) is 23.0 Å². The number of aromatic nitrogens is 3. The van der Waals surface area contributed by atoms with E-state index in [0.717, 1.165) is 22.1 Å². The summed E-state index contributed by atoms with van der Waals surface area (Å²) in [7, 11) is 0. The fourth-order valence-electron chi connectivity index (χ4n) is 3.55. The van der Waals surface area contributed by atoms with Crippen molar-refractivity contribution in [3.8, 4) is 0 Å². The van der Waals surface area contributed by atoms with Gasteiger partial charge >= 0.3 is 0 Å². The number of rotatable bonds is 2. The highest BCUT2D eigenvalue weighted by atomic mass is 79.9. The lowest BCUT2D eigenvalue weighted by molar-refractivity contribution is 0.188. The van der Waals surface area contributed by atoms with Crippen LogP contribution in [0, 0.1) is 0 Å². The molecular weight excluding hydrogens is 318 g/mol. The van der Waals surface area contributed by atoms with Crippen LogP contribution in [0.4, 0.5) is 5.82 Å². The lowest BCUT2D eigenvalue weighted by Crippen LogP contribution is -2.42. The van der Waals surface area contributed by atoms with Crippen molar-refractivity contribution in [1.82, 2.24) is 19.3 Å². The zero-order valence-electron chi connectivity index (χ0n) is 11.3. The van der Waals surface area contributed by atoms with Gasteiger partial charge in [-0.15, -0.1) is 0 Å². The number of imidazole rings is 1. The standard InChI is InChI=1S/C14H18BrN5/c15-12-9-20-7-4-16-14(20)13(18-12)17-10-3-6-19-5-1-2-11(19)8-10/h4,7,9-11H,1-3,5-6,8H2,(H,17,18). The Morgan fingerprint density at radius 1 is 1.30 bits per heavy atom. The topological polar surface area (TPSA) is 45.5 Å². The molecule has 2 unspecified atom stereocenters. The van der Waals surface area contributed by atoms with Gasteiger partial charge in [0.1, 0.15) is 4.60 Å². The highest BCUT2D eigenvalue weighted by molar-refractivity contribution is 9.10. The van der Waals surface area contributed by atoms with Gasteiger partial charge in [-0.3, -0.25) is 0 Å². The predicted molar refractivity (Wildman–Crippen MR) is 81.9 cm³/mol. The average molecular weight is 336 g/mol. The zero-order valence-corrected chi connectivity index (χ0v) is 12.9. The molecule has 5 nitrogen and oxygen atoms in total. The molecular formula is C14H18BrN5. The van der Waals surface area contributed by atoms with E-state index < -0.39 is 0 Å². The lowest BCUT2D eigenvalue weighted by Gasteiger charge is -2.35. The van der Waals surface area contributed by atoms with Crippen LogP contribution in [0.3, 0.4) is 0 Å². The molecule has 106 valence electrons. The summed E-state index contributed by atoms with van der Waals surface area (Å²) < 4.78 is 2.84. The number of nitrogens with zero attached hydrogens (tertiary/aromatic N) is 4. The van der Waals surface area contributed by atoms with E-state index in [-0.39, 0.29) is 0 Å². The first kappa shape index (κ1) is 12.6. The molecule has 2 fully saturated rings. The second-order valence-electron chi connectivity index (χ2n) is 5.77. The van der Waals surface area contributed by atoms with Gasteiger partial charge in [0, 0.05) is 37.2 Å². The third-order valence-electron chi connectivity index (χ3n) is 4.51. The highest BCUT2D eigenvalue weighted by Gasteiger charge is 2.31. The normalized spacial score (nSPS) is 26.9. The van der Waals surface area contributed by atoms with E-state index in [2.05, 4.69) is 36.1 Å². The van der Waals surface area contributed by atoms with E-state index in [1.54, 1.807) is 0 Å². The van der Waals surface area contributed by atoms with Crippen LogP contribution < -0.4 is 5.32 Å². The summed E-state index contributed by atoms with van der Waals surface area (Å²) >= 11 is 3.47. The fourth-order valence-corrected chi connectivity index (χ4v) is 3.94. The monoisotopic (exact) mass is 335 g/mol. The van der Waals surface area contributed by atoms with Gasteiger partial charge in [0.05, 0.1) is 0 Å². The zero-order chi connectivity index (χ0) is 13.5. The summed E-state index contributed by atoms with van der Waals surface area (Å²) in [5, 5.41) is 3.61. The maximum atomic E-state index is 4.56. The molecule has 0 aromatic carbocycles. The van der Waals surface area contributed by atoms with Crippen molar-refractivity contribution in [2.45, 2.75) is 37.8 Å². The van der Waals surface area contributed by atoms with Crippen LogP contribution in [0.5, 0.6) is 0 Å². The Morgan fingerprint density at radius 3 is 3.20 bits per heavy atom. The molecule has 2 aliphatic rings. The van der Waals surface area contributed by atoms with Gasteiger partial charge in [-0.2, -0.15) is 0 Å². The molecule has 0 bridgehead atoms. The van der Waals surface area contributed by atoms with Crippen molar-refractivity contribution < 1.29 is 0 Å². The van der Waals surface area contributed by atoms with Crippen LogP contribution in [0.1, 0.15) is 25.7 Å². The Hall–Kier alpha value is -1.14. The van der Waals surface area contributed by atoms with E-state index in [1.165, 1.54) is 38.8 Å². The summed E-state index contributed by atoms with van der Waals surface area (Å²) in [6.07, 6.45) is 10.8. The summed E-state index contributed by atoms with van der Waals surface area (Å²) in [6, 6.07) is 1.28. The van der Waals surface area contributed by atoms with Crippen molar-refractivity contribution in [2.24, 2.45) is 0 Å². The summed E-state index contributed by atoms with van der Waals surface area (Å²) in [4.78, 5) is 11.6. The number of piperidine rings is 1. The van der Waals surface area contributed by atoms with Crippen LogP contribution >= 0.6 is 15.9 Å². The molecule has 2 aliphatic heterocycles. The quantitative estimate of drug-likeness (QED) is 0.915. The molecule has 20 heavy (non-hydrogen) atoms. The molecule has 2 saturated heterocycles. The minimum absolute atomic E-state index is 0.511. The van der Waals surface area contributed by atoms with E-state index in [9.17, 15) is 0 Å². The summed E-state index contributed by atoms with van der Waals surface area (Å²) in [6.45, 7) is 2.50. The van der Waals surface area contributed by atoms with Gasteiger partial charge in [-0.1, -0.05) is 0 Å². The minimum Gasteiger partial charge on any atom is -0.364 e. The number of nitrogens with one attached hydrogen (secondary N) is 1. The molecule has 0 spiro atoms. The minimum atomic E-state index is 0.511. The van der Waals surface area contributed by atoms with Gasteiger partial charge in [-0.25, -0.2) is 9.97 Å². The largest absolute Gasteiger partial charge is 0.364 e. The lowest BCUT2D eigenvalue weighted by atomic mass is 9.98. The van der Waals surface area contributed by atoms with Crippen molar-refractivity contribution in [3.05, 3.63) is 23.2 Å². The van der Waals surface area contributed by atoms with Crippen LogP contribution in [-0.4, -0.2) is 44.4 Å². The third-order valence-corrected chi connectivity index (χ3v) is 4.89. The number of anilines is 1. The van der Waals surface area contributed by atoms with Gasteiger partial charge in [0.15, 0.2) is 11.5 Å². The highest BCUT2D eigenvalue weighted by Crippen LogP contribution is 2.29. The first-order valence-electron chi connectivity index (χ1n) is 7.29. The second kappa shape index (κ2) is 5.00. The maximum absolute atomic E-state index is 4.56. The number of fused-ring (bicyclic) bond motifs is 2. The first-order valence-corrected chi connectivity index (χ1v) is 8.09. The van der Waals surface area contributed by atoms with Crippen molar-refractivity contribution >= 4 is 27.4 Å². The Balaban J connectivity index is 1.56. The smallest absolute Gasteiger partial charge is 0.180 e. The van der Waals surface area contributed by atoms with Crippen LogP contribution in [-0.2, 0) is 0 Å². The van der Waals surface area contributed by atoms with E-state index >= 15 is 0 Å². The molecule has 2 atom stereocenters. The van der Waals surface area contributed by atoms with Crippen molar-refractivity contribution in [3.63, 3.8) is 0 Å². The summed E-state index contributed by atoms with van der Waals surface area (Å²) in [5.41, 5.74) is 0.905. The molecule has 0 radical (unpaired) electrons. The molecule has 4 rings (SSSR count). The summed E-state index contributed by atoms with van der Waals surface area (Å²) in [5.74, 6) is 0.890. The number of halogens is 1. The second-order valence-corrected chi connectivity index (χ2v) is 6.58. The molecule has 2 aromatic rings. The van der Waals surface area contributed by atoms with Gasteiger partial charge < -0.3 is 14.6 Å². The van der Waals surface area contributed by atoms with Gasteiger partial charge in [0.25, 0.3) is 0 Å². The molecule has 0 saturated carbocycles. The first-order chi connectivity index (χ1) is 9.79. The average Bonchev–Trinajstić information content (AvgIpc) is 3.05. The van der Waals surface area contributed by atoms with Crippen LogP contribution in [0.2, 0.25) is 0 Å². The molecule has 1 N–H and O–H groups in total. The van der Waals surface area contributed by atoms with Gasteiger partial charge in [-0.05, 0) is 48.2 Å². The number of hydrogen-bond donors (Lipinski definition) is 1. The Kier molecular flexibility index (Phi) is 3.15. The molecule has 4 heterocycles. The van der Waals surface area contributed by atoms with E-state index in [4.69, 9.17) is 0 Å². The van der Waals surface area contributed by atoms with Crippen LogP contribution in [0.25, 0.3) is 5.65 Å². The maximum Gasteiger partial charge on any atom is 0.180 e. The van der Waals surface area contributed by atoms with Crippen molar-refractivity contribution in [1.29, 1.82) is 0 Å². The molecule has 0 amide bonds. The third kappa shape index (κ3) is 2.20. The Labute approximate surface area is 126 Å². The van der Waals surface area contributed by atoms with Gasteiger partial charge in [0.2, 0.25) is 0 Å². The molecule has 0 aliphatic carbocycles. The number of hydrogen-bond acceptors (Lipinski definition) is 4. The SMILES string of the molecule is Brc1cn2ccnc2c(NC2CCN3CCCC3C2)n1. The van der Waals surface area contributed by atoms with E-state index in [0.29, 0.717) is 6.04 Å². The Bertz CT molecular complexity index is 625. The fraction of sp³-hybridized carbons (Fsp3) is 0.571. The molecule has 6 heteroatoms. The molecule has 2 aromatic heterocycles. The predicted octanol–water partition coefficient (Wildman–Crippen LogP) is 2.53.